The molecule has 2 aromatic heterocycles. The largest absolute Gasteiger partial charge is 0.140 e. The third-order valence-electron chi connectivity index (χ3n) is 1.68. The third kappa shape index (κ3) is 2.06. The van der Waals surface area contributed by atoms with Crippen molar-refractivity contribution in [3.8, 4) is 9.75 Å². The molecule has 0 saturated carbocycles. The van der Waals surface area contributed by atoms with E-state index >= 15 is 0 Å². The maximum Gasteiger partial charge on any atom is 0.0727 e. The molecule has 0 fully saturated rings. The van der Waals surface area contributed by atoms with Gasteiger partial charge in [-0.05, 0) is 45.1 Å². The lowest BCUT2D eigenvalue weighted by molar-refractivity contribution is 1.53. The molecule has 2 heterocycles. The monoisotopic (exact) mass is 268 g/mol. The summed E-state index contributed by atoms with van der Waals surface area (Å²) in [4.78, 5) is 3.84. The van der Waals surface area contributed by atoms with Gasteiger partial charge >= 0.3 is 0 Å². The first-order chi connectivity index (χ1) is 6.29. The zero-order valence-electron chi connectivity index (χ0n) is 6.79. The molecule has 2 radical (unpaired) electrons. The Morgan fingerprint density at radius 3 is 2.31 bits per heavy atom. The Morgan fingerprint density at radius 2 is 1.77 bits per heavy atom. The average Bonchev–Trinajstić information content (AvgIpc) is 2.71. The second-order valence-corrected chi connectivity index (χ2v) is 6.21. The normalized spacial score (nSPS) is 10.5. The molecule has 0 aliphatic carbocycles. The van der Waals surface area contributed by atoms with Crippen molar-refractivity contribution in [2.24, 2.45) is 0 Å². The topological polar surface area (TPSA) is 0 Å². The minimum Gasteiger partial charge on any atom is -0.140 e. The summed E-state index contributed by atoms with van der Waals surface area (Å²) in [6.07, 6.45) is 0.636. The van der Waals surface area contributed by atoms with Gasteiger partial charge in [-0.15, -0.1) is 22.7 Å². The minimum absolute atomic E-state index is 0.636. The van der Waals surface area contributed by atoms with Crippen LogP contribution in [0.15, 0.2) is 28.1 Å². The van der Waals surface area contributed by atoms with Crippen molar-refractivity contribution in [1.82, 2.24) is 0 Å². The lowest BCUT2D eigenvalue weighted by Crippen LogP contribution is -1.71. The van der Waals surface area contributed by atoms with Gasteiger partial charge in [0.05, 0.1) is 11.6 Å². The van der Waals surface area contributed by atoms with E-state index in [4.69, 9.17) is 7.85 Å². The summed E-state index contributed by atoms with van der Waals surface area (Å²) < 4.78 is 1.17. The van der Waals surface area contributed by atoms with E-state index in [-0.39, 0.29) is 0 Å². The zero-order valence-corrected chi connectivity index (χ0v) is 10.0. The quantitative estimate of drug-likeness (QED) is 0.725. The van der Waals surface area contributed by atoms with E-state index in [9.17, 15) is 0 Å². The summed E-state index contributed by atoms with van der Waals surface area (Å²) in [6, 6.07) is 8.42. The Morgan fingerprint density at radius 1 is 1.08 bits per heavy atom. The molecule has 0 N–H and O–H groups in total. The smallest absolute Gasteiger partial charge is 0.0727 e. The Balaban J connectivity index is 2.35. The van der Waals surface area contributed by atoms with Crippen molar-refractivity contribution in [2.75, 3.05) is 0 Å². The van der Waals surface area contributed by atoms with Crippen molar-refractivity contribution in [3.05, 3.63) is 32.9 Å². The Hall–Kier alpha value is -0.0551. The molecule has 0 aliphatic rings. The fourth-order valence-corrected chi connectivity index (χ4v) is 3.43. The molecule has 4 heteroatoms. The van der Waals surface area contributed by atoms with Gasteiger partial charge < -0.3 is 0 Å². The van der Waals surface area contributed by atoms with Crippen molar-refractivity contribution < 1.29 is 0 Å². The van der Waals surface area contributed by atoms with Crippen LogP contribution in [0.25, 0.3) is 9.75 Å². The van der Waals surface area contributed by atoms with Crippen LogP contribution >= 0.6 is 38.6 Å². The average molecular weight is 269 g/mol. The van der Waals surface area contributed by atoms with Crippen molar-refractivity contribution in [1.29, 1.82) is 0 Å². The first-order valence-corrected chi connectivity index (χ1v) is 6.26. The van der Waals surface area contributed by atoms with E-state index < -0.39 is 0 Å². The van der Waals surface area contributed by atoms with Crippen LogP contribution in [0.1, 0.15) is 4.88 Å². The van der Waals surface area contributed by atoms with E-state index in [0.29, 0.717) is 6.32 Å². The molecule has 0 saturated heterocycles. The van der Waals surface area contributed by atoms with Gasteiger partial charge in [0, 0.05) is 9.75 Å². The number of thiophene rings is 2. The molecular weight excluding hydrogens is 263 g/mol. The van der Waals surface area contributed by atoms with E-state index in [1.165, 1.54) is 18.4 Å². The van der Waals surface area contributed by atoms with Gasteiger partial charge in [0.25, 0.3) is 0 Å². The fraction of sp³-hybridized carbons (Fsp3) is 0.111. The van der Waals surface area contributed by atoms with Gasteiger partial charge in [0.15, 0.2) is 0 Å². The first kappa shape index (κ1) is 9.50. The third-order valence-corrected chi connectivity index (χ3v) is 4.61. The summed E-state index contributed by atoms with van der Waals surface area (Å²) in [5.41, 5.74) is 0. The van der Waals surface area contributed by atoms with Crippen LogP contribution in [-0.2, 0) is 6.32 Å². The lowest BCUT2D eigenvalue weighted by atomic mass is 10.0. The number of hydrogen-bond donors (Lipinski definition) is 0. The van der Waals surface area contributed by atoms with E-state index in [2.05, 4.69) is 40.2 Å². The minimum atomic E-state index is 0.636. The molecule has 0 amide bonds. The highest BCUT2D eigenvalue weighted by Gasteiger charge is 2.03. The predicted molar refractivity (Wildman–Crippen MR) is 64.8 cm³/mol. The summed E-state index contributed by atoms with van der Waals surface area (Å²) in [6.45, 7) is 0. The van der Waals surface area contributed by atoms with Crippen molar-refractivity contribution in [3.63, 3.8) is 0 Å². The Kier molecular flexibility index (Phi) is 2.91. The first-order valence-electron chi connectivity index (χ1n) is 3.84. The van der Waals surface area contributed by atoms with Gasteiger partial charge in [-0.3, -0.25) is 0 Å². The molecule has 2 aromatic rings. The fourth-order valence-electron chi connectivity index (χ4n) is 1.07. The van der Waals surface area contributed by atoms with E-state index in [1.54, 1.807) is 22.7 Å². The predicted octanol–water partition coefficient (Wildman–Crippen LogP) is 3.91. The molecule has 0 aromatic carbocycles. The molecule has 0 nitrogen and oxygen atoms in total. The highest BCUT2D eigenvalue weighted by Crippen LogP contribution is 2.35. The second kappa shape index (κ2) is 3.99. The van der Waals surface area contributed by atoms with Gasteiger partial charge in [-0.2, -0.15) is 0 Å². The Labute approximate surface area is 95.2 Å². The van der Waals surface area contributed by atoms with E-state index in [1.807, 2.05) is 0 Å². The lowest BCUT2D eigenvalue weighted by Gasteiger charge is -1.88. The van der Waals surface area contributed by atoms with Gasteiger partial charge in [-0.1, -0.05) is 6.32 Å². The summed E-state index contributed by atoms with van der Waals surface area (Å²) in [5, 5.41) is 0. The van der Waals surface area contributed by atoms with Gasteiger partial charge in [-0.25, -0.2) is 0 Å². The standard InChI is InChI=1S/C9H6BBrS2/c10-5-6-1-2-7(12-6)8-3-4-9(11)13-8/h1-4H,5H2. The Bertz CT molecular complexity index is 405. The SMILES string of the molecule is [B]Cc1ccc(-c2ccc(Br)s2)s1. The molecule has 2 rings (SSSR count). The number of hydrogen-bond acceptors (Lipinski definition) is 2. The molecule has 0 unspecified atom stereocenters. The van der Waals surface area contributed by atoms with Crippen LogP contribution < -0.4 is 0 Å². The molecule has 64 valence electrons. The van der Waals surface area contributed by atoms with Crippen molar-refractivity contribution >= 4 is 46.4 Å². The van der Waals surface area contributed by atoms with Crippen LogP contribution in [0.5, 0.6) is 0 Å². The molecule has 0 bridgehead atoms. The van der Waals surface area contributed by atoms with E-state index in [0.717, 1.165) is 0 Å². The van der Waals surface area contributed by atoms with Crippen LogP contribution in [-0.4, -0.2) is 7.85 Å². The zero-order chi connectivity index (χ0) is 9.26. The highest BCUT2D eigenvalue weighted by molar-refractivity contribution is 9.11. The second-order valence-electron chi connectivity index (χ2n) is 2.57. The molecule has 0 aliphatic heterocycles. The van der Waals surface area contributed by atoms with Crippen LogP contribution in [0.2, 0.25) is 0 Å². The van der Waals surface area contributed by atoms with Gasteiger partial charge in [0.1, 0.15) is 0 Å². The number of halogens is 1. The molecule has 13 heavy (non-hydrogen) atoms. The highest BCUT2D eigenvalue weighted by atomic mass is 79.9. The van der Waals surface area contributed by atoms with Crippen LogP contribution in [0.4, 0.5) is 0 Å². The summed E-state index contributed by atoms with van der Waals surface area (Å²) >= 11 is 6.97. The molecular formula is C9H6BBrS2. The summed E-state index contributed by atoms with van der Waals surface area (Å²) in [7, 11) is 5.55. The van der Waals surface area contributed by atoms with Crippen LogP contribution in [0, 0.1) is 0 Å². The van der Waals surface area contributed by atoms with Gasteiger partial charge in [0.2, 0.25) is 0 Å². The van der Waals surface area contributed by atoms with Crippen molar-refractivity contribution in [2.45, 2.75) is 6.32 Å². The molecule has 0 atom stereocenters. The van der Waals surface area contributed by atoms with Crippen LogP contribution in [0.3, 0.4) is 0 Å². The maximum absolute atomic E-state index is 5.55. The summed E-state index contributed by atoms with van der Waals surface area (Å²) in [5.74, 6) is 0. The molecule has 0 spiro atoms. The maximum atomic E-state index is 5.55. The number of rotatable bonds is 2.